The van der Waals surface area contributed by atoms with Crippen LogP contribution >= 0.6 is 0 Å². The van der Waals surface area contributed by atoms with E-state index >= 15 is 0 Å². The van der Waals surface area contributed by atoms with E-state index in [4.69, 9.17) is 9.47 Å². The van der Waals surface area contributed by atoms with Gasteiger partial charge in [-0.1, -0.05) is 51.4 Å². The van der Waals surface area contributed by atoms with Crippen molar-refractivity contribution in [3.63, 3.8) is 0 Å². The smallest absolute Gasteiger partial charge is 0.339 e. The van der Waals surface area contributed by atoms with Crippen LogP contribution in [0, 0.1) is 0 Å². The second-order valence-corrected chi connectivity index (χ2v) is 19.4. The lowest BCUT2D eigenvalue weighted by Gasteiger charge is -2.28. The number of hydrogen-bond donors (Lipinski definition) is 0. The van der Waals surface area contributed by atoms with Crippen molar-refractivity contribution in [3.05, 3.63) is 23.3 Å². The molecule has 0 aliphatic heterocycles. The van der Waals surface area contributed by atoms with Gasteiger partial charge in [0, 0.05) is 0 Å². The predicted molar refractivity (Wildman–Crippen MR) is 114 cm³/mol. The second kappa shape index (κ2) is 8.09. The van der Waals surface area contributed by atoms with Crippen molar-refractivity contribution in [2.45, 2.75) is 79.2 Å². The molecule has 0 saturated carbocycles. The van der Waals surface area contributed by atoms with Crippen molar-refractivity contribution in [1.29, 1.82) is 0 Å². The van der Waals surface area contributed by atoms with E-state index in [1.807, 2.05) is 39.8 Å². The van der Waals surface area contributed by atoms with Gasteiger partial charge in [-0.05, 0) is 38.1 Å². The van der Waals surface area contributed by atoms with Gasteiger partial charge in [-0.15, -0.1) is 0 Å². The molecule has 0 amide bonds. The average Bonchev–Trinajstić information content (AvgIpc) is 2.42. The van der Waals surface area contributed by atoms with Crippen molar-refractivity contribution in [2.24, 2.45) is 0 Å². The van der Waals surface area contributed by atoms with Crippen molar-refractivity contribution >= 4 is 38.5 Å². The number of hydrogen-bond acceptors (Lipinski definition) is 4. The van der Waals surface area contributed by atoms with Gasteiger partial charge in [-0.2, -0.15) is 0 Å². The van der Waals surface area contributed by atoms with Crippen LogP contribution in [0.25, 0.3) is 0 Å². The van der Waals surface area contributed by atoms with Crippen molar-refractivity contribution in [1.82, 2.24) is 0 Å². The van der Waals surface area contributed by atoms with E-state index < -0.39 is 28.1 Å². The van der Waals surface area contributed by atoms with E-state index in [9.17, 15) is 9.59 Å². The monoisotopic (exact) mass is 394 g/mol. The number of carbonyl (C=O) groups excluding carboxylic acids is 2. The maximum Gasteiger partial charge on any atom is 0.339 e. The molecule has 0 aliphatic carbocycles. The van der Waals surface area contributed by atoms with E-state index in [1.54, 1.807) is 0 Å². The summed E-state index contributed by atoms with van der Waals surface area (Å²) < 4.78 is 11.1. The summed E-state index contributed by atoms with van der Waals surface area (Å²) in [5.41, 5.74) is 0.840. The highest BCUT2D eigenvalue weighted by Gasteiger charge is 2.35. The van der Waals surface area contributed by atoms with Crippen LogP contribution in [0.2, 0.25) is 39.3 Å². The quantitative estimate of drug-likeness (QED) is 0.542. The highest BCUT2D eigenvalue weighted by atomic mass is 28.3. The Bertz CT molecular complexity index is 621. The van der Waals surface area contributed by atoms with Crippen LogP contribution in [0.1, 0.15) is 48.4 Å². The highest BCUT2D eigenvalue weighted by molar-refractivity contribution is 6.91. The third-order valence-corrected chi connectivity index (χ3v) is 7.98. The fraction of sp³-hybridized carbons (Fsp3) is 0.600. The molecule has 0 unspecified atom stereocenters. The molecule has 0 aliphatic rings. The van der Waals surface area contributed by atoms with Gasteiger partial charge < -0.3 is 9.47 Å². The molecule has 0 bridgehead atoms. The Hall–Kier alpha value is -1.41. The summed E-state index contributed by atoms with van der Waals surface area (Å²) in [5, 5.41) is 1.89. The topological polar surface area (TPSA) is 52.6 Å². The summed E-state index contributed by atoms with van der Waals surface area (Å²) in [6.45, 7) is 20.3. The molecule has 0 fully saturated rings. The van der Waals surface area contributed by atoms with Gasteiger partial charge in [-0.25, -0.2) is 9.59 Å². The molecule has 1 rings (SSSR count). The number of ether oxygens (including phenoxy) is 2. The minimum atomic E-state index is -1.88. The van der Waals surface area contributed by atoms with Gasteiger partial charge in [0.1, 0.15) is 0 Å². The summed E-state index contributed by atoms with van der Waals surface area (Å²) in [5.74, 6) is -0.846. The maximum absolute atomic E-state index is 13.0. The van der Waals surface area contributed by atoms with Crippen LogP contribution in [0.3, 0.4) is 0 Å². The number of esters is 2. The standard InChI is InChI=1S/C20H34O4Si2/c1-13(2)23-19(21)17-15(25(5,6)7)11-12-16(26(8,9)10)18(17)20(22)24-14(3)4/h11-14H,1-10H3. The Balaban J connectivity index is 3.86. The lowest BCUT2D eigenvalue weighted by atomic mass is 10.1. The largest absolute Gasteiger partial charge is 0.459 e. The van der Waals surface area contributed by atoms with Gasteiger partial charge in [0.05, 0.1) is 39.5 Å². The fourth-order valence-corrected chi connectivity index (χ4v) is 5.94. The number of benzene rings is 1. The predicted octanol–water partition coefficient (Wildman–Crippen LogP) is 3.91. The second-order valence-electron chi connectivity index (χ2n) is 9.32. The molecule has 0 heterocycles. The molecule has 0 radical (unpaired) electrons. The van der Waals surface area contributed by atoms with Gasteiger partial charge >= 0.3 is 11.9 Å². The summed E-state index contributed by atoms with van der Waals surface area (Å²) in [6.07, 6.45) is -0.497. The lowest BCUT2D eigenvalue weighted by molar-refractivity contribution is 0.0330. The Morgan fingerprint density at radius 1 is 0.692 bits per heavy atom. The van der Waals surface area contributed by atoms with E-state index in [-0.39, 0.29) is 12.2 Å². The van der Waals surface area contributed by atoms with Crippen LogP contribution in [-0.4, -0.2) is 40.3 Å². The van der Waals surface area contributed by atoms with Crippen LogP contribution in [0.15, 0.2) is 12.1 Å². The van der Waals surface area contributed by atoms with Crippen LogP contribution < -0.4 is 10.4 Å². The van der Waals surface area contributed by atoms with Crippen LogP contribution in [0.5, 0.6) is 0 Å². The molecule has 0 atom stereocenters. The molecule has 0 aromatic heterocycles. The molecule has 4 nitrogen and oxygen atoms in total. The molecular formula is C20H34O4Si2. The fourth-order valence-electron chi connectivity index (χ4n) is 2.82. The summed E-state index contributed by atoms with van der Waals surface area (Å²) in [6, 6.07) is 4.06. The molecule has 1 aromatic rings. The molecular weight excluding hydrogens is 360 g/mol. The first-order valence-electron chi connectivity index (χ1n) is 9.26. The van der Waals surface area contributed by atoms with E-state index in [0.29, 0.717) is 11.1 Å². The van der Waals surface area contributed by atoms with Gasteiger partial charge in [0.15, 0.2) is 0 Å². The number of carbonyl (C=O) groups is 2. The van der Waals surface area contributed by atoms with Crippen LogP contribution in [0.4, 0.5) is 0 Å². The van der Waals surface area contributed by atoms with Gasteiger partial charge in [0.25, 0.3) is 0 Å². The Kier molecular flexibility index (Phi) is 7.04. The minimum Gasteiger partial charge on any atom is -0.459 e. The normalized spacial score (nSPS) is 12.5. The Morgan fingerprint density at radius 2 is 0.962 bits per heavy atom. The van der Waals surface area contributed by atoms with Crippen molar-refractivity contribution < 1.29 is 19.1 Å². The Labute approximate surface area is 160 Å². The molecule has 0 saturated heterocycles. The van der Waals surface area contributed by atoms with Crippen LogP contribution in [-0.2, 0) is 9.47 Å². The summed E-state index contributed by atoms with van der Waals surface area (Å²) in [7, 11) is -3.77. The molecule has 0 N–H and O–H groups in total. The summed E-state index contributed by atoms with van der Waals surface area (Å²) >= 11 is 0. The third-order valence-electron chi connectivity index (χ3n) is 3.92. The average molecular weight is 395 g/mol. The van der Waals surface area contributed by atoms with Crippen molar-refractivity contribution in [3.8, 4) is 0 Å². The minimum absolute atomic E-state index is 0.249. The third kappa shape index (κ3) is 5.54. The van der Waals surface area contributed by atoms with E-state index in [2.05, 4.69) is 39.3 Å². The zero-order valence-electron chi connectivity index (χ0n) is 17.9. The first kappa shape index (κ1) is 22.6. The van der Waals surface area contributed by atoms with E-state index in [0.717, 1.165) is 10.4 Å². The van der Waals surface area contributed by atoms with E-state index in [1.165, 1.54) is 0 Å². The molecule has 146 valence electrons. The maximum atomic E-state index is 13.0. The molecule has 26 heavy (non-hydrogen) atoms. The molecule has 0 spiro atoms. The first-order chi connectivity index (χ1) is 11.7. The Morgan fingerprint density at radius 3 is 1.15 bits per heavy atom. The molecule has 1 aromatic carbocycles. The van der Waals surface area contributed by atoms with Gasteiger partial charge in [0.2, 0.25) is 0 Å². The summed E-state index contributed by atoms with van der Waals surface area (Å²) in [4.78, 5) is 26.0. The molecule has 6 heteroatoms. The SMILES string of the molecule is CC(C)OC(=O)c1c([Si](C)(C)C)ccc([Si](C)(C)C)c1C(=O)OC(C)C. The van der Waals surface area contributed by atoms with Gasteiger partial charge in [-0.3, -0.25) is 0 Å². The zero-order valence-corrected chi connectivity index (χ0v) is 19.9. The highest BCUT2D eigenvalue weighted by Crippen LogP contribution is 2.19. The van der Waals surface area contributed by atoms with Crippen molar-refractivity contribution in [2.75, 3.05) is 0 Å². The zero-order chi connectivity index (χ0) is 20.4. The first-order valence-corrected chi connectivity index (χ1v) is 16.3. The number of rotatable bonds is 6. The lowest BCUT2D eigenvalue weighted by Crippen LogP contribution is -2.49.